The Balaban J connectivity index is 1.25. The maximum Gasteiger partial charge on any atom is 0.157 e. The number of hydrogen-bond donors (Lipinski definition) is 0. The van der Waals surface area contributed by atoms with Crippen molar-refractivity contribution in [2.45, 2.75) is 76.5 Å². The summed E-state index contributed by atoms with van der Waals surface area (Å²) >= 11 is 0. The minimum Gasteiger partial charge on any atom is -0.487 e. The van der Waals surface area contributed by atoms with Crippen molar-refractivity contribution in [3.63, 3.8) is 0 Å². The summed E-state index contributed by atoms with van der Waals surface area (Å²) in [5.41, 5.74) is 3.35. The van der Waals surface area contributed by atoms with Crippen LogP contribution in [0.4, 0.5) is 0 Å². The van der Waals surface area contributed by atoms with Crippen LogP contribution in [0.2, 0.25) is 0 Å². The van der Waals surface area contributed by atoms with Crippen LogP contribution in [-0.4, -0.2) is 44.4 Å². The van der Waals surface area contributed by atoms with Crippen molar-refractivity contribution in [3.05, 3.63) is 120 Å². The highest BCUT2D eigenvalue weighted by molar-refractivity contribution is 5.17. The number of unbranched alkanes of at least 4 members (excludes halogenated alkanes) is 1. The number of ether oxygens (including phenoxy) is 6. The van der Waals surface area contributed by atoms with Gasteiger partial charge in [0.15, 0.2) is 12.4 Å². The van der Waals surface area contributed by atoms with E-state index in [0.717, 1.165) is 54.7 Å². The Morgan fingerprint density at radius 3 is 1.98 bits per heavy atom. The average Bonchev–Trinajstić information content (AvgIpc) is 3.36. The predicted molar refractivity (Wildman–Crippen MR) is 158 cm³/mol. The molecule has 2 aliphatic heterocycles. The van der Waals surface area contributed by atoms with Crippen LogP contribution in [0, 0.1) is 0 Å². The summed E-state index contributed by atoms with van der Waals surface area (Å²) in [6, 6.07) is 30.6. The Bertz CT molecular complexity index is 1150. The normalized spacial score (nSPS) is 23.5. The summed E-state index contributed by atoms with van der Waals surface area (Å²) in [5, 5.41) is 0. The van der Waals surface area contributed by atoms with Crippen LogP contribution in [0.15, 0.2) is 103 Å². The van der Waals surface area contributed by atoms with Gasteiger partial charge in [-0.3, -0.25) is 0 Å². The molecule has 0 radical (unpaired) electrons. The quantitative estimate of drug-likeness (QED) is 0.188. The van der Waals surface area contributed by atoms with Crippen LogP contribution in [-0.2, 0) is 48.2 Å². The smallest absolute Gasteiger partial charge is 0.157 e. The first-order chi connectivity index (χ1) is 20.3. The van der Waals surface area contributed by atoms with Crippen molar-refractivity contribution in [1.82, 2.24) is 0 Å². The largest absolute Gasteiger partial charge is 0.487 e. The van der Waals surface area contributed by atoms with Gasteiger partial charge in [0.05, 0.1) is 33.0 Å². The fourth-order valence-corrected chi connectivity index (χ4v) is 5.11. The highest BCUT2D eigenvalue weighted by Gasteiger charge is 2.43. The molecule has 6 nitrogen and oxygen atoms in total. The van der Waals surface area contributed by atoms with Crippen LogP contribution < -0.4 is 0 Å². The Morgan fingerprint density at radius 1 is 0.707 bits per heavy atom. The minimum atomic E-state index is -0.341. The van der Waals surface area contributed by atoms with E-state index in [1.54, 1.807) is 0 Å². The number of benzene rings is 3. The monoisotopic (exact) mass is 558 g/mol. The average molecular weight is 559 g/mol. The number of allylic oxidation sites excluding steroid dienone is 1. The van der Waals surface area contributed by atoms with E-state index in [1.165, 1.54) is 6.42 Å². The molecule has 2 heterocycles. The summed E-state index contributed by atoms with van der Waals surface area (Å²) in [5.74, 6) is 0.807. The van der Waals surface area contributed by atoms with Gasteiger partial charge in [0.2, 0.25) is 0 Å². The lowest BCUT2D eigenvalue weighted by molar-refractivity contribution is -0.162. The number of hydrogen-bond acceptors (Lipinski definition) is 6. The van der Waals surface area contributed by atoms with Gasteiger partial charge < -0.3 is 28.4 Å². The van der Waals surface area contributed by atoms with Crippen molar-refractivity contribution < 1.29 is 28.4 Å². The molecule has 0 bridgehead atoms. The standard InChI is InChI=1S/C35H42O6/c1-4-14-28(15-5-1)24-36-27-32-35(40-26-30-18-8-3-9-19-30)34(39-25-29-16-6-2-7-17-29)31(41-32)20-10-12-22-37-33-21-11-13-23-38-33/h1-9,14-20,32-35H,10-13,21-27H2/b31-20+/t32-,33?,34-,35-/m1/s1. The SMILES string of the molecule is C(/CCCOC1CCCCO1)=C1\O[C@H](COCc2ccccc2)[C@@H](OCc2ccccc2)[C@@H]1OCc1ccccc1. The molecule has 2 aliphatic rings. The molecular weight excluding hydrogens is 516 g/mol. The van der Waals surface area contributed by atoms with Gasteiger partial charge in [0, 0.05) is 6.61 Å². The molecule has 0 amide bonds. The second-order valence-corrected chi connectivity index (χ2v) is 10.6. The highest BCUT2D eigenvalue weighted by Crippen LogP contribution is 2.32. The molecule has 0 saturated carbocycles. The molecule has 2 fully saturated rings. The minimum absolute atomic E-state index is 0.0667. The molecule has 3 aromatic rings. The van der Waals surface area contributed by atoms with E-state index >= 15 is 0 Å². The molecular formula is C35H42O6. The Kier molecular flexibility index (Phi) is 11.8. The van der Waals surface area contributed by atoms with Crippen LogP contribution >= 0.6 is 0 Å². The lowest BCUT2D eigenvalue weighted by Crippen LogP contribution is -2.37. The van der Waals surface area contributed by atoms with E-state index in [0.29, 0.717) is 33.0 Å². The van der Waals surface area contributed by atoms with E-state index in [2.05, 4.69) is 42.5 Å². The fourth-order valence-electron chi connectivity index (χ4n) is 5.11. The molecule has 3 aromatic carbocycles. The molecule has 0 aromatic heterocycles. The third-order valence-corrected chi connectivity index (χ3v) is 7.32. The zero-order valence-electron chi connectivity index (χ0n) is 23.8. The van der Waals surface area contributed by atoms with Gasteiger partial charge >= 0.3 is 0 Å². The van der Waals surface area contributed by atoms with E-state index in [4.69, 9.17) is 28.4 Å². The van der Waals surface area contributed by atoms with E-state index in [-0.39, 0.29) is 24.6 Å². The van der Waals surface area contributed by atoms with E-state index in [9.17, 15) is 0 Å². The zero-order chi connectivity index (χ0) is 28.0. The Morgan fingerprint density at radius 2 is 1.34 bits per heavy atom. The second-order valence-electron chi connectivity index (χ2n) is 10.6. The topological polar surface area (TPSA) is 55.4 Å². The summed E-state index contributed by atoms with van der Waals surface area (Å²) in [7, 11) is 0. The van der Waals surface area contributed by atoms with Gasteiger partial charge in [0.25, 0.3) is 0 Å². The maximum absolute atomic E-state index is 6.53. The first kappa shape index (κ1) is 29.5. The van der Waals surface area contributed by atoms with E-state index in [1.807, 2.05) is 54.6 Å². The third-order valence-electron chi connectivity index (χ3n) is 7.32. The van der Waals surface area contributed by atoms with Crippen LogP contribution in [0.5, 0.6) is 0 Å². The van der Waals surface area contributed by atoms with Gasteiger partial charge in [-0.05, 0) is 54.9 Å². The first-order valence-electron chi connectivity index (χ1n) is 14.9. The molecule has 1 unspecified atom stereocenters. The first-order valence-corrected chi connectivity index (χ1v) is 14.9. The Hall–Kier alpha value is -3.00. The van der Waals surface area contributed by atoms with Gasteiger partial charge in [-0.25, -0.2) is 0 Å². The lowest BCUT2D eigenvalue weighted by atomic mass is 10.1. The molecule has 5 rings (SSSR count). The van der Waals surface area contributed by atoms with Gasteiger partial charge in [-0.1, -0.05) is 91.0 Å². The summed E-state index contributed by atoms with van der Waals surface area (Å²) in [6.07, 6.45) is 6.09. The molecule has 6 heteroatoms. The summed E-state index contributed by atoms with van der Waals surface area (Å²) in [4.78, 5) is 0. The Labute approximate surface area is 244 Å². The highest BCUT2D eigenvalue weighted by atomic mass is 16.7. The van der Waals surface area contributed by atoms with Gasteiger partial charge in [-0.2, -0.15) is 0 Å². The molecule has 0 spiro atoms. The third kappa shape index (κ3) is 9.52. The molecule has 0 N–H and O–H groups in total. The molecule has 2 saturated heterocycles. The molecule has 41 heavy (non-hydrogen) atoms. The molecule has 0 aliphatic carbocycles. The van der Waals surface area contributed by atoms with Gasteiger partial charge in [0.1, 0.15) is 18.0 Å². The molecule has 4 atom stereocenters. The van der Waals surface area contributed by atoms with Crippen molar-refractivity contribution in [2.24, 2.45) is 0 Å². The van der Waals surface area contributed by atoms with Crippen molar-refractivity contribution in [1.29, 1.82) is 0 Å². The van der Waals surface area contributed by atoms with E-state index < -0.39 is 0 Å². The predicted octanol–water partition coefficient (Wildman–Crippen LogP) is 6.98. The second kappa shape index (κ2) is 16.4. The summed E-state index contributed by atoms with van der Waals surface area (Å²) < 4.78 is 37.3. The van der Waals surface area contributed by atoms with Crippen LogP contribution in [0.1, 0.15) is 48.8 Å². The van der Waals surface area contributed by atoms with Crippen molar-refractivity contribution in [2.75, 3.05) is 19.8 Å². The van der Waals surface area contributed by atoms with Crippen LogP contribution in [0.3, 0.4) is 0 Å². The maximum atomic E-state index is 6.53. The zero-order valence-corrected chi connectivity index (χ0v) is 23.8. The van der Waals surface area contributed by atoms with Crippen LogP contribution in [0.25, 0.3) is 0 Å². The molecule has 218 valence electrons. The fraction of sp³-hybridized carbons (Fsp3) is 0.429. The lowest BCUT2D eigenvalue weighted by Gasteiger charge is -2.23. The number of rotatable bonds is 15. The van der Waals surface area contributed by atoms with Crippen molar-refractivity contribution in [3.8, 4) is 0 Å². The van der Waals surface area contributed by atoms with Crippen molar-refractivity contribution >= 4 is 0 Å². The summed E-state index contributed by atoms with van der Waals surface area (Å²) in [6.45, 7) is 3.30. The van der Waals surface area contributed by atoms with Gasteiger partial charge in [-0.15, -0.1) is 0 Å².